The molecule has 32 heavy (non-hydrogen) atoms. The third kappa shape index (κ3) is 7.45. The molecule has 1 aliphatic rings. The number of piperazine rings is 1. The van der Waals surface area contributed by atoms with Crippen molar-refractivity contribution in [2.45, 2.75) is 20.0 Å². The summed E-state index contributed by atoms with van der Waals surface area (Å²) in [5, 5.41) is 0. The zero-order chi connectivity index (χ0) is 21.3. The zero-order valence-corrected chi connectivity index (χ0v) is 20.4. The molecule has 3 rings (SSSR count). The highest BCUT2D eigenvalue weighted by atomic mass is 35.5. The van der Waals surface area contributed by atoms with Gasteiger partial charge >= 0.3 is 6.16 Å². The minimum absolute atomic E-state index is 0. The molecule has 1 saturated heterocycles. The number of halogens is 2. The zero-order valence-electron chi connectivity index (χ0n) is 18.7. The van der Waals surface area contributed by atoms with E-state index >= 15 is 0 Å². The van der Waals surface area contributed by atoms with Gasteiger partial charge in [-0.2, -0.15) is 0 Å². The Morgan fingerprint density at radius 1 is 0.844 bits per heavy atom. The van der Waals surface area contributed by atoms with E-state index in [1.807, 2.05) is 18.2 Å². The Bertz CT molecular complexity index is 831. The maximum atomic E-state index is 12.0. The molecule has 2 aromatic rings. The number of hydrogen-bond acceptors (Lipinski definition) is 7. The Balaban J connectivity index is 0.00000256. The van der Waals surface area contributed by atoms with Crippen LogP contribution in [0.1, 0.15) is 18.1 Å². The highest BCUT2D eigenvalue weighted by Gasteiger charge is 2.23. The minimum Gasteiger partial charge on any atom is -0.493 e. The van der Waals surface area contributed by atoms with Crippen molar-refractivity contribution in [3.63, 3.8) is 0 Å². The van der Waals surface area contributed by atoms with Crippen LogP contribution in [-0.4, -0.2) is 63.0 Å². The van der Waals surface area contributed by atoms with Gasteiger partial charge in [0.2, 0.25) is 5.75 Å². The summed E-state index contributed by atoms with van der Waals surface area (Å²) in [6.45, 7) is 7.41. The highest BCUT2D eigenvalue weighted by molar-refractivity contribution is 5.85. The average molecular weight is 487 g/mol. The van der Waals surface area contributed by atoms with Gasteiger partial charge < -0.3 is 18.9 Å². The van der Waals surface area contributed by atoms with Crippen LogP contribution in [-0.2, 0) is 17.8 Å². The molecule has 0 amide bonds. The van der Waals surface area contributed by atoms with E-state index in [1.54, 1.807) is 14.0 Å². The molecule has 0 saturated carbocycles. The fraction of sp³-hybridized carbons (Fsp3) is 0.435. The summed E-state index contributed by atoms with van der Waals surface area (Å²) in [6, 6.07) is 14.3. The lowest BCUT2D eigenvalue weighted by molar-refractivity contribution is 0.100. The van der Waals surface area contributed by atoms with Crippen LogP contribution in [0.25, 0.3) is 0 Å². The largest absolute Gasteiger partial charge is 0.513 e. The number of benzene rings is 2. The van der Waals surface area contributed by atoms with Crippen molar-refractivity contribution in [3.8, 4) is 17.2 Å². The van der Waals surface area contributed by atoms with Crippen LogP contribution in [0.3, 0.4) is 0 Å². The maximum absolute atomic E-state index is 12.0. The number of carbonyl (C=O) groups excluding carboxylic acids is 1. The van der Waals surface area contributed by atoms with Gasteiger partial charge in [-0.3, -0.25) is 9.80 Å². The molecule has 0 N–H and O–H groups in total. The second kappa shape index (κ2) is 14.1. The predicted molar refractivity (Wildman–Crippen MR) is 129 cm³/mol. The third-order valence-electron chi connectivity index (χ3n) is 5.14. The Labute approximate surface area is 202 Å². The van der Waals surface area contributed by atoms with Gasteiger partial charge in [0.25, 0.3) is 0 Å². The first-order valence-corrected chi connectivity index (χ1v) is 10.2. The first-order chi connectivity index (χ1) is 14.6. The average Bonchev–Trinajstić information content (AvgIpc) is 2.77. The van der Waals surface area contributed by atoms with Crippen LogP contribution < -0.4 is 14.2 Å². The maximum Gasteiger partial charge on any atom is 0.513 e. The smallest absolute Gasteiger partial charge is 0.493 e. The summed E-state index contributed by atoms with van der Waals surface area (Å²) in [5.41, 5.74) is 2.19. The van der Waals surface area contributed by atoms with Gasteiger partial charge in [-0.1, -0.05) is 36.4 Å². The summed E-state index contributed by atoms with van der Waals surface area (Å²) in [7, 11) is 3.08. The van der Waals surface area contributed by atoms with Gasteiger partial charge in [-0.05, 0) is 18.6 Å². The quantitative estimate of drug-likeness (QED) is 0.404. The van der Waals surface area contributed by atoms with Crippen LogP contribution in [0.5, 0.6) is 17.2 Å². The number of methoxy groups -OCH3 is 2. The monoisotopic (exact) mass is 486 g/mol. The SMILES string of the molecule is CCOC(=O)Oc1c(CN2CCN(Cc3ccccc3)CC2)ccc(OC)c1OC.Cl.Cl. The Kier molecular flexibility index (Phi) is 12.2. The summed E-state index contributed by atoms with van der Waals surface area (Å²) in [4.78, 5) is 16.8. The first kappa shape index (κ1) is 27.8. The number of hydrogen-bond donors (Lipinski definition) is 0. The van der Waals surface area contributed by atoms with Gasteiger partial charge in [0.05, 0.1) is 20.8 Å². The van der Waals surface area contributed by atoms with E-state index in [4.69, 9.17) is 18.9 Å². The minimum atomic E-state index is -0.752. The fourth-order valence-corrected chi connectivity index (χ4v) is 3.59. The standard InChI is InChI=1S/C23H30N2O5.2ClH/c1-4-29-23(26)30-21-19(10-11-20(27-2)22(21)28-3)17-25-14-12-24(13-15-25)16-18-8-6-5-7-9-18;;/h5-11H,4,12-17H2,1-3H3;2*1H. The molecule has 0 spiro atoms. The fourth-order valence-electron chi connectivity index (χ4n) is 3.59. The molecular weight excluding hydrogens is 455 g/mol. The lowest BCUT2D eigenvalue weighted by atomic mass is 10.1. The van der Waals surface area contributed by atoms with Gasteiger partial charge in [0.1, 0.15) is 0 Å². The summed E-state index contributed by atoms with van der Waals surface area (Å²) >= 11 is 0. The van der Waals surface area contributed by atoms with Crippen molar-refractivity contribution >= 4 is 31.0 Å². The summed E-state index contributed by atoms with van der Waals surface area (Å²) < 4.78 is 21.3. The molecule has 1 fully saturated rings. The van der Waals surface area contributed by atoms with E-state index in [0.717, 1.165) is 38.3 Å². The molecule has 178 valence electrons. The van der Waals surface area contributed by atoms with Crippen molar-refractivity contribution < 1.29 is 23.7 Å². The second-order valence-electron chi connectivity index (χ2n) is 7.11. The number of nitrogens with zero attached hydrogens (tertiary/aromatic N) is 2. The normalized spacial score (nSPS) is 14.0. The molecule has 1 heterocycles. The molecule has 0 aromatic heterocycles. The van der Waals surface area contributed by atoms with E-state index in [1.165, 1.54) is 12.7 Å². The van der Waals surface area contributed by atoms with Gasteiger partial charge in [-0.15, -0.1) is 24.8 Å². The molecule has 0 aliphatic carbocycles. The van der Waals surface area contributed by atoms with E-state index in [-0.39, 0.29) is 31.4 Å². The predicted octanol–water partition coefficient (Wildman–Crippen LogP) is 4.40. The molecule has 2 aromatic carbocycles. The highest BCUT2D eigenvalue weighted by Crippen LogP contribution is 2.40. The molecule has 1 aliphatic heterocycles. The third-order valence-corrected chi connectivity index (χ3v) is 5.14. The van der Waals surface area contributed by atoms with E-state index in [9.17, 15) is 4.79 Å². The molecule has 9 heteroatoms. The Morgan fingerprint density at radius 2 is 1.47 bits per heavy atom. The Hall–Kier alpha value is -2.19. The van der Waals surface area contributed by atoms with Gasteiger partial charge in [-0.25, -0.2) is 4.79 Å². The van der Waals surface area contributed by atoms with E-state index in [2.05, 4.69) is 34.1 Å². The first-order valence-electron chi connectivity index (χ1n) is 10.2. The van der Waals surface area contributed by atoms with Gasteiger partial charge in [0, 0.05) is 44.8 Å². The van der Waals surface area contributed by atoms with Crippen molar-refractivity contribution in [1.82, 2.24) is 9.80 Å². The molecule has 0 unspecified atom stereocenters. The van der Waals surface area contributed by atoms with Crippen molar-refractivity contribution in [2.24, 2.45) is 0 Å². The number of ether oxygens (including phenoxy) is 4. The van der Waals surface area contributed by atoms with Crippen LogP contribution in [0.4, 0.5) is 4.79 Å². The molecule has 0 radical (unpaired) electrons. The molecule has 0 bridgehead atoms. The number of rotatable bonds is 8. The van der Waals surface area contributed by atoms with Crippen LogP contribution >= 0.6 is 24.8 Å². The second-order valence-corrected chi connectivity index (χ2v) is 7.11. The van der Waals surface area contributed by atoms with Crippen molar-refractivity contribution in [1.29, 1.82) is 0 Å². The summed E-state index contributed by atoms with van der Waals surface area (Å²) in [5.74, 6) is 1.25. The topological polar surface area (TPSA) is 60.5 Å². The van der Waals surface area contributed by atoms with Crippen molar-refractivity contribution in [2.75, 3.05) is 47.0 Å². The van der Waals surface area contributed by atoms with Crippen LogP contribution in [0, 0.1) is 0 Å². The number of carbonyl (C=O) groups is 1. The molecule has 7 nitrogen and oxygen atoms in total. The van der Waals surface area contributed by atoms with Crippen molar-refractivity contribution in [3.05, 3.63) is 53.6 Å². The lowest BCUT2D eigenvalue weighted by Crippen LogP contribution is -2.45. The molecular formula is C23H32Cl2N2O5. The lowest BCUT2D eigenvalue weighted by Gasteiger charge is -2.35. The van der Waals surface area contributed by atoms with Gasteiger partial charge in [0.15, 0.2) is 11.5 Å². The van der Waals surface area contributed by atoms with E-state index in [0.29, 0.717) is 23.8 Å². The van der Waals surface area contributed by atoms with E-state index < -0.39 is 6.16 Å². The van der Waals surface area contributed by atoms with Crippen LogP contribution in [0.15, 0.2) is 42.5 Å². The van der Waals surface area contributed by atoms with Crippen LogP contribution in [0.2, 0.25) is 0 Å². The molecule has 0 atom stereocenters. The summed E-state index contributed by atoms with van der Waals surface area (Å²) in [6.07, 6.45) is -0.752. The Morgan fingerprint density at radius 3 is 2.03 bits per heavy atom.